The molecule has 1 aliphatic rings. The molecule has 0 bridgehead atoms. The van der Waals surface area contributed by atoms with Gasteiger partial charge in [-0.25, -0.2) is 4.98 Å². The maximum absolute atomic E-state index is 4.61. The molecule has 0 amide bonds. The molecule has 1 fully saturated rings. The van der Waals surface area contributed by atoms with Gasteiger partial charge in [0.25, 0.3) is 0 Å². The summed E-state index contributed by atoms with van der Waals surface area (Å²) < 4.78 is 0. The molecule has 0 aliphatic heterocycles. The Bertz CT molecular complexity index is 327. The molecule has 1 atom stereocenters. The minimum Gasteiger partial charge on any atom is -0.263 e. The standard InChI is InChI=1S/C12H21N3/c1-4-6-10-13-11(15-14-10)9-7-5-8-12(9,2)3/h9H,4-8H2,1-3H3,(H,13,14,15). The fourth-order valence-corrected chi connectivity index (χ4v) is 2.62. The average Bonchev–Trinajstić information content (AvgIpc) is 2.72. The Hall–Kier alpha value is -0.860. The lowest BCUT2D eigenvalue weighted by atomic mass is 9.81. The first-order chi connectivity index (χ1) is 7.13. The van der Waals surface area contributed by atoms with E-state index in [1.165, 1.54) is 19.3 Å². The molecule has 1 aromatic heterocycles. The molecule has 0 saturated heterocycles. The molecule has 0 spiro atoms. The summed E-state index contributed by atoms with van der Waals surface area (Å²) in [5, 5.41) is 7.44. The molecule has 1 aliphatic carbocycles. The van der Waals surface area contributed by atoms with Gasteiger partial charge >= 0.3 is 0 Å². The monoisotopic (exact) mass is 207 g/mol. The predicted molar refractivity (Wildman–Crippen MR) is 60.8 cm³/mol. The van der Waals surface area contributed by atoms with Gasteiger partial charge in [-0.2, -0.15) is 5.10 Å². The van der Waals surface area contributed by atoms with Crippen molar-refractivity contribution >= 4 is 0 Å². The Labute approximate surface area is 91.7 Å². The van der Waals surface area contributed by atoms with Crippen molar-refractivity contribution in [3.63, 3.8) is 0 Å². The van der Waals surface area contributed by atoms with Crippen LogP contribution >= 0.6 is 0 Å². The third-order valence-electron chi connectivity index (χ3n) is 3.60. The van der Waals surface area contributed by atoms with E-state index in [9.17, 15) is 0 Å². The van der Waals surface area contributed by atoms with Crippen LogP contribution in [0.2, 0.25) is 0 Å². The highest BCUT2D eigenvalue weighted by atomic mass is 15.2. The Morgan fingerprint density at radius 3 is 2.87 bits per heavy atom. The van der Waals surface area contributed by atoms with Crippen LogP contribution in [-0.4, -0.2) is 15.2 Å². The third-order valence-corrected chi connectivity index (χ3v) is 3.60. The second-order valence-electron chi connectivity index (χ2n) is 5.32. The quantitative estimate of drug-likeness (QED) is 0.827. The van der Waals surface area contributed by atoms with Gasteiger partial charge in [-0.15, -0.1) is 0 Å². The summed E-state index contributed by atoms with van der Waals surface area (Å²) in [6.07, 6.45) is 6.00. The predicted octanol–water partition coefficient (Wildman–Crippen LogP) is 3.05. The third kappa shape index (κ3) is 2.06. The molecule has 0 radical (unpaired) electrons. The van der Waals surface area contributed by atoms with Crippen LogP contribution < -0.4 is 0 Å². The van der Waals surface area contributed by atoms with Gasteiger partial charge < -0.3 is 0 Å². The van der Waals surface area contributed by atoms with Crippen LogP contribution in [-0.2, 0) is 6.42 Å². The van der Waals surface area contributed by atoms with Crippen LogP contribution in [0.3, 0.4) is 0 Å². The van der Waals surface area contributed by atoms with Crippen molar-refractivity contribution < 1.29 is 0 Å². The van der Waals surface area contributed by atoms with Gasteiger partial charge in [-0.1, -0.05) is 27.2 Å². The van der Waals surface area contributed by atoms with Crippen molar-refractivity contribution in [3.05, 3.63) is 11.6 Å². The number of hydrogen-bond donors (Lipinski definition) is 1. The van der Waals surface area contributed by atoms with Crippen molar-refractivity contribution in [1.82, 2.24) is 15.2 Å². The van der Waals surface area contributed by atoms with Gasteiger partial charge in [0.05, 0.1) is 0 Å². The second-order valence-corrected chi connectivity index (χ2v) is 5.32. The van der Waals surface area contributed by atoms with E-state index in [0.717, 1.165) is 24.5 Å². The van der Waals surface area contributed by atoms with Crippen LogP contribution in [0.1, 0.15) is 64.0 Å². The molecule has 2 rings (SSSR count). The topological polar surface area (TPSA) is 41.6 Å². The van der Waals surface area contributed by atoms with E-state index >= 15 is 0 Å². The van der Waals surface area contributed by atoms with Crippen molar-refractivity contribution in [2.45, 2.75) is 58.8 Å². The van der Waals surface area contributed by atoms with Crippen molar-refractivity contribution in [2.24, 2.45) is 5.41 Å². The highest BCUT2D eigenvalue weighted by Crippen LogP contribution is 2.47. The normalized spacial score (nSPS) is 24.6. The first-order valence-electron chi connectivity index (χ1n) is 6.04. The Morgan fingerprint density at radius 2 is 2.27 bits per heavy atom. The summed E-state index contributed by atoms with van der Waals surface area (Å²) in [4.78, 5) is 4.61. The molecule has 1 aromatic rings. The fourth-order valence-electron chi connectivity index (χ4n) is 2.62. The molecular weight excluding hydrogens is 186 g/mol. The van der Waals surface area contributed by atoms with E-state index < -0.39 is 0 Å². The van der Waals surface area contributed by atoms with E-state index in [0.29, 0.717) is 11.3 Å². The smallest absolute Gasteiger partial charge is 0.154 e. The first-order valence-corrected chi connectivity index (χ1v) is 6.04. The maximum Gasteiger partial charge on any atom is 0.154 e. The molecular formula is C12H21N3. The van der Waals surface area contributed by atoms with Gasteiger partial charge in [0, 0.05) is 12.3 Å². The van der Waals surface area contributed by atoms with E-state index in [1.54, 1.807) is 0 Å². The van der Waals surface area contributed by atoms with Crippen molar-refractivity contribution in [1.29, 1.82) is 0 Å². The van der Waals surface area contributed by atoms with E-state index in [-0.39, 0.29) is 0 Å². The number of H-pyrrole nitrogens is 1. The van der Waals surface area contributed by atoms with Crippen LogP contribution in [0.4, 0.5) is 0 Å². The van der Waals surface area contributed by atoms with E-state index in [1.807, 2.05) is 0 Å². The zero-order valence-corrected chi connectivity index (χ0v) is 10.0. The number of aromatic amines is 1. The van der Waals surface area contributed by atoms with Crippen LogP contribution in [0.25, 0.3) is 0 Å². The Kier molecular flexibility index (Phi) is 2.81. The molecule has 1 heterocycles. The minimum absolute atomic E-state index is 0.381. The molecule has 84 valence electrons. The summed E-state index contributed by atoms with van der Waals surface area (Å²) >= 11 is 0. The highest BCUT2D eigenvalue weighted by Gasteiger charge is 2.37. The first kappa shape index (κ1) is 10.7. The van der Waals surface area contributed by atoms with Gasteiger partial charge in [0.1, 0.15) is 5.82 Å². The maximum atomic E-state index is 4.61. The van der Waals surface area contributed by atoms with Gasteiger partial charge in [-0.3, -0.25) is 5.10 Å². The highest BCUT2D eigenvalue weighted by molar-refractivity contribution is 5.06. The number of aromatic nitrogens is 3. The molecule has 15 heavy (non-hydrogen) atoms. The van der Waals surface area contributed by atoms with Crippen molar-refractivity contribution in [3.8, 4) is 0 Å². The van der Waals surface area contributed by atoms with E-state index in [4.69, 9.17) is 0 Å². The minimum atomic E-state index is 0.381. The number of rotatable bonds is 3. The van der Waals surface area contributed by atoms with Crippen molar-refractivity contribution in [2.75, 3.05) is 0 Å². The Balaban J connectivity index is 2.15. The summed E-state index contributed by atoms with van der Waals surface area (Å²) in [6.45, 7) is 6.84. The summed E-state index contributed by atoms with van der Waals surface area (Å²) in [7, 11) is 0. The number of aryl methyl sites for hydroxylation is 1. The molecule has 1 N–H and O–H groups in total. The number of nitrogens with zero attached hydrogens (tertiary/aromatic N) is 2. The zero-order chi connectivity index (χ0) is 10.9. The van der Waals surface area contributed by atoms with E-state index in [2.05, 4.69) is 36.0 Å². The Morgan fingerprint density at radius 1 is 1.47 bits per heavy atom. The molecule has 0 aromatic carbocycles. The summed E-state index contributed by atoms with van der Waals surface area (Å²) in [5.41, 5.74) is 0.381. The fraction of sp³-hybridized carbons (Fsp3) is 0.833. The summed E-state index contributed by atoms with van der Waals surface area (Å²) in [5.74, 6) is 2.65. The SMILES string of the molecule is CCCc1nc(C2CCCC2(C)C)n[nH]1. The van der Waals surface area contributed by atoms with Gasteiger partial charge in [-0.05, 0) is 24.7 Å². The lowest BCUT2D eigenvalue weighted by Crippen LogP contribution is -2.16. The van der Waals surface area contributed by atoms with Crippen LogP contribution in [0.15, 0.2) is 0 Å². The largest absolute Gasteiger partial charge is 0.263 e. The number of hydrogen-bond acceptors (Lipinski definition) is 2. The number of nitrogens with one attached hydrogen (secondary N) is 1. The van der Waals surface area contributed by atoms with Gasteiger partial charge in [0.2, 0.25) is 0 Å². The molecule has 1 unspecified atom stereocenters. The van der Waals surface area contributed by atoms with Gasteiger partial charge in [0.15, 0.2) is 5.82 Å². The van der Waals surface area contributed by atoms with Crippen LogP contribution in [0.5, 0.6) is 0 Å². The summed E-state index contributed by atoms with van der Waals surface area (Å²) in [6, 6.07) is 0. The lowest BCUT2D eigenvalue weighted by molar-refractivity contribution is 0.322. The van der Waals surface area contributed by atoms with Crippen LogP contribution in [0, 0.1) is 5.41 Å². The lowest BCUT2D eigenvalue weighted by Gasteiger charge is -2.24. The molecule has 3 heteroatoms. The average molecular weight is 207 g/mol. The zero-order valence-electron chi connectivity index (χ0n) is 10.0. The molecule has 3 nitrogen and oxygen atoms in total. The second kappa shape index (κ2) is 3.95. The molecule has 1 saturated carbocycles.